The number of nitrogens with zero attached hydrogens (tertiary/aromatic N) is 4. The molecule has 26 nitrogen and oxygen atoms in total. The van der Waals surface area contributed by atoms with Gasteiger partial charge in [-0.25, -0.2) is 4.79 Å². The highest BCUT2D eigenvalue weighted by Crippen LogP contribution is 2.29. The van der Waals surface area contributed by atoms with Gasteiger partial charge >= 0.3 is 35.8 Å². The molecule has 0 aliphatic carbocycles. The van der Waals surface area contributed by atoms with E-state index in [0.29, 0.717) is 102 Å². The van der Waals surface area contributed by atoms with Crippen LogP contribution in [0.2, 0.25) is 0 Å². The number of rotatable bonds is 18. The number of fused-ring (bicyclic) bond motifs is 1. The Bertz CT molecular complexity index is 2660. The molecule has 1 aromatic heterocycles. The van der Waals surface area contributed by atoms with Gasteiger partial charge in [0.25, 0.3) is 0 Å². The summed E-state index contributed by atoms with van der Waals surface area (Å²) in [5.41, 5.74) is 5.13. The van der Waals surface area contributed by atoms with Crippen LogP contribution in [-0.4, -0.2) is 174 Å². The van der Waals surface area contributed by atoms with E-state index in [0.717, 1.165) is 56.2 Å². The number of para-hydroxylation sites is 1. The third kappa shape index (κ3) is 38.5. The lowest BCUT2D eigenvalue weighted by atomic mass is 9.94. The molecule has 7 rings (SSSR count). The monoisotopic (exact) mass is 1350 g/mol. The summed E-state index contributed by atoms with van der Waals surface area (Å²) in [6.07, 6.45) is 11.0. The second-order valence-corrected chi connectivity index (χ2v) is 28.4. The van der Waals surface area contributed by atoms with Crippen molar-refractivity contribution in [1.82, 2.24) is 25.8 Å². The van der Waals surface area contributed by atoms with Crippen LogP contribution in [0.25, 0.3) is 11.0 Å². The van der Waals surface area contributed by atoms with Crippen LogP contribution < -0.4 is 21.2 Å². The largest absolute Gasteiger partial charge is 0.481 e. The summed E-state index contributed by atoms with van der Waals surface area (Å²) in [7, 11) is 3.26. The average molecular weight is 1350 g/mol. The smallest absolute Gasteiger partial charge is 0.337 e. The number of carboxylic acid groups (broad SMARTS) is 1. The van der Waals surface area contributed by atoms with Gasteiger partial charge in [-0.15, -0.1) is 17.5 Å². The Morgan fingerprint density at radius 3 is 1.17 bits per heavy atom. The van der Waals surface area contributed by atoms with Gasteiger partial charge in [0.05, 0.1) is 127 Å². The molecule has 2 aromatic rings. The van der Waals surface area contributed by atoms with Gasteiger partial charge in [-0.3, -0.25) is 33.6 Å². The summed E-state index contributed by atoms with van der Waals surface area (Å²) in [5, 5.41) is 30.1. The number of benzene rings is 1. The van der Waals surface area contributed by atoms with E-state index in [-0.39, 0.29) is 121 Å². The number of aromatic nitrogens is 3. The summed E-state index contributed by atoms with van der Waals surface area (Å²) in [4.78, 5) is 98.1. The van der Waals surface area contributed by atoms with E-state index in [1.54, 1.807) is 26.2 Å². The van der Waals surface area contributed by atoms with Crippen molar-refractivity contribution < 1.29 is 90.9 Å². The molecule has 5 aliphatic heterocycles. The number of hydrogen-bond acceptors (Lipinski definition) is 22. The second kappa shape index (κ2) is 41.8. The topological polar surface area (TPSA) is 354 Å². The summed E-state index contributed by atoms with van der Waals surface area (Å²) >= 11 is 0. The third-order valence-electron chi connectivity index (χ3n) is 14.8. The van der Waals surface area contributed by atoms with Crippen LogP contribution in [-0.2, 0) is 81.0 Å². The van der Waals surface area contributed by atoms with Gasteiger partial charge in [0.1, 0.15) is 33.4 Å². The number of nitriles is 1. The van der Waals surface area contributed by atoms with Crippen LogP contribution in [0.1, 0.15) is 205 Å². The first kappa shape index (κ1) is 84.0. The molecule has 0 unspecified atom stereocenters. The molecule has 5 fully saturated rings. The van der Waals surface area contributed by atoms with Crippen LogP contribution in [0.5, 0.6) is 0 Å². The van der Waals surface area contributed by atoms with Gasteiger partial charge in [0.2, 0.25) is 11.8 Å². The fraction of sp³-hybridized carbons (Fsp3) is 0.776. The normalized spacial score (nSPS) is 23.7. The minimum absolute atomic E-state index is 0. The Morgan fingerprint density at radius 2 is 0.851 bits per heavy atom. The van der Waals surface area contributed by atoms with Gasteiger partial charge in [-0.05, 0) is 188 Å². The van der Waals surface area contributed by atoms with E-state index >= 15 is 0 Å². The van der Waals surface area contributed by atoms with E-state index < -0.39 is 34.3 Å². The molecule has 5 saturated heterocycles. The fourth-order valence-corrected chi connectivity index (χ4v) is 10.3. The lowest BCUT2D eigenvalue weighted by Gasteiger charge is -2.29. The molecule has 2 amide bonds. The van der Waals surface area contributed by atoms with E-state index in [4.69, 9.17) is 63.6 Å². The van der Waals surface area contributed by atoms with Gasteiger partial charge in [-0.2, -0.15) is 5.26 Å². The number of ether oxygens (including phenoxy) is 9. The van der Waals surface area contributed by atoms with Gasteiger partial charge < -0.3 is 68.9 Å². The molecule has 534 valence electrons. The van der Waals surface area contributed by atoms with Gasteiger partial charge in [-0.1, -0.05) is 17.0 Å². The molecule has 0 radical (unpaired) electrons. The minimum Gasteiger partial charge on any atom is -0.481 e. The van der Waals surface area contributed by atoms with Gasteiger partial charge in [0.15, 0.2) is 0 Å². The maximum atomic E-state index is 12.2. The molecule has 27 heteroatoms. The van der Waals surface area contributed by atoms with E-state index in [2.05, 4.69) is 27.0 Å². The van der Waals surface area contributed by atoms with Crippen molar-refractivity contribution in [2.24, 2.45) is 29.4 Å². The maximum Gasteiger partial charge on any atom is 0.337 e. The standard InChI is InChI=1S/C19H25N3O5.C14H25NO4.C13H21NO3.C13H22O5.C8H16N2O2.ClH/c1-19(2,3)26-17(23)10-13-8-9-14(25-12-13)11-18(24)27-22-16-7-5-4-6-15(16)20-21-22;1-14(2,3)19-13(17)7-10-5-6-11(18-9-10)8-12(16)15-4;1-13(2,3)17-12(15)8-10-4-5-11(6-7-14)16-9-10;1-13(2,3)18-12(16)6-9-4-5-10(17-8-9)7-11(14)15;1-10-8(11)4-7-3-2-6(9)5-12-7;/h4-7,13-14H,8-12H2,1-3H3;10-11H,5-9H2,1-4H3,(H,15,16);10-11H,4-6,8-9H2,1-3H3;9-10H,4-8H2,1-3H3,(H,14,15);6-7H,2-5,9H2,1H3,(H,10,11);1H/t13-,14-;2*10-,11-;9-,10-;6-,7+;/m00001./s1. The van der Waals surface area contributed by atoms with Crippen molar-refractivity contribution in [3.05, 3.63) is 24.3 Å². The number of halogens is 1. The minimum atomic E-state index is -0.842. The fourth-order valence-electron chi connectivity index (χ4n) is 10.3. The maximum absolute atomic E-state index is 12.2. The molecule has 0 spiro atoms. The van der Waals surface area contributed by atoms with Crippen molar-refractivity contribution in [1.29, 1.82) is 5.26 Å². The molecule has 5 N–H and O–H groups in total. The number of nitrogens with one attached hydrogen (secondary N) is 2. The highest BCUT2D eigenvalue weighted by Gasteiger charge is 2.32. The van der Waals surface area contributed by atoms with Crippen LogP contribution in [0.4, 0.5) is 0 Å². The van der Waals surface area contributed by atoms with Crippen molar-refractivity contribution in [2.75, 3.05) is 47.1 Å². The van der Waals surface area contributed by atoms with Crippen molar-refractivity contribution in [2.45, 2.75) is 264 Å². The van der Waals surface area contributed by atoms with Crippen molar-refractivity contribution in [3.8, 4) is 6.07 Å². The molecule has 10 atom stereocenters. The van der Waals surface area contributed by atoms with E-state index in [1.165, 1.54) is 0 Å². The Hall–Kier alpha value is -6.08. The van der Waals surface area contributed by atoms with Crippen LogP contribution in [0, 0.1) is 35.0 Å². The first-order valence-corrected chi connectivity index (χ1v) is 32.7. The summed E-state index contributed by atoms with van der Waals surface area (Å²) in [6.45, 7) is 24.8. The van der Waals surface area contributed by atoms with Crippen molar-refractivity contribution >= 4 is 71.1 Å². The Balaban J connectivity index is 0.000000409. The number of esters is 4. The van der Waals surface area contributed by atoms with E-state index in [9.17, 15) is 38.4 Å². The molecule has 94 heavy (non-hydrogen) atoms. The highest BCUT2D eigenvalue weighted by molar-refractivity contribution is 5.85. The summed E-state index contributed by atoms with van der Waals surface area (Å²) in [5.74, 6) is -1.31. The first-order chi connectivity index (χ1) is 43.5. The predicted octanol–water partition coefficient (Wildman–Crippen LogP) is 8.42. The number of carbonyl (C=O) groups is 8. The SMILES string of the molecule is CC(C)(C)OC(=O)C[C@@H]1CC[C@@H](CC#N)OC1.CC(C)(C)OC(=O)C[C@@H]1CC[C@@H](CC(=O)O)OC1.CC(C)(C)OC(=O)C[C@@H]1CC[C@@H](CC(=O)On2nnc3ccccc32)OC1.CNC(=O)C[C@@H]1CC[C@@H](CC(=O)OC(C)(C)C)CO1.CNC(=O)C[C@@H]1CC[C@@H](N)CO1.Cl. The van der Waals surface area contributed by atoms with E-state index in [1.807, 2.05) is 95.2 Å². The average Bonchev–Trinajstić information content (AvgIpc) is 1.86. The molecule has 5 aliphatic rings. The number of carboxylic acids is 1. The third-order valence-corrected chi connectivity index (χ3v) is 14.8. The molecule has 0 saturated carbocycles. The van der Waals surface area contributed by atoms with Gasteiger partial charge in [0, 0.05) is 20.1 Å². The molecular weight excluding hydrogens is 1240 g/mol. The summed E-state index contributed by atoms with van der Waals surface area (Å²) in [6, 6.07) is 9.50. The van der Waals surface area contributed by atoms with Crippen molar-refractivity contribution in [3.63, 3.8) is 0 Å². The zero-order valence-electron chi connectivity index (χ0n) is 58.1. The number of aliphatic carboxylic acids is 1. The Labute approximate surface area is 561 Å². The number of hydrogen-bond donors (Lipinski definition) is 4. The lowest BCUT2D eigenvalue weighted by Crippen LogP contribution is -2.37. The quantitative estimate of drug-likeness (QED) is 0.0618. The number of carbonyl (C=O) groups excluding carboxylic acids is 7. The highest BCUT2D eigenvalue weighted by atomic mass is 35.5. The zero-order valence-corrected chi connectivity index (χ0v) is 58.9. The first-order valence-electron chi connectivity index (χ1n) is 32.7. The van der Waals surface area contributed by atoms with Crippen LogP contribution >= 0.6 is 12.4 Å². The number of amides is 2. The second-order valence-electron chi connectivity index (χ2n) is 28.4. The lowest BCUT2D eigenvalue weighted by molar-refractivity contribution is -0.159. The molecule has 0 bridgehead atoms. The zero-order chi connectivity index (χ0) is 69.5. The molecular formula is C67H110ClN7O19. The predicted molar refractivity (Wildman–Crippen MR) is 349 cm³/mol. The van der Waals surface area contributed by atoms with Crippen LogP contribution in [0.3, 0.4) is 0 Å². The molecule has 6 heterocycles. The Kier molecular flexibility index (Phi) is 37.3. The van der Waals surface area contributed by atoms with Crippen LogP contribution in [0.15, 0.2) is 24.3 Å². The Morgan fingerprint density at radius 1 is 0.511 bits per heavy atom. The molecule has 1 aromatic carbocycles. The summed E-state index contributed by atoms with van der Waals surface area (Å²) < 4.78 is 48.9. The number of nitrogens with two attached hydrogens (primary N) is 1.